The standard InChI is InChI=1S/C47H72N4O9Si/c1-13-15-22-41(57-9)32(3)42(58-10)33(4)43(52)48-39(30-34-23-25-36(56-8)26-24-34)44(53)49-40(31-35-19-17-20-37(29-35)60-61(11,12)47(5,6)7)45(54)51-27-18-21-38(50-51)46(55)59-28-16-14-2/h13-15,17,19-20,22-26,29,32-33,38-43,48,50,52H,1-2,16,18,21,27-28,30-31H2,3-12H3,(H,49,53). The molecule has 61 heavy (non-hydrogen) atoms. The Labute approximate surface area is 365 Å². The SMILES string of the molecule is C=CC=CC(OC)C(C)C(OC)C(C)C(O)NC(Cc1ccc(OC)cc1)C(=O)NC(Cc1cccc(O[Si](C)(C)C(C)(C)C)c1)C(=O)N1CCCC(C(=O)OCCC=C)N1. The fourth-order valence-corrected chi connectivity index (χ4v) is 8.07. The summed E-state index contributed by atoms with van der Waals surface area (Å²) in [6.07, 6.45) is 6.85. The zero-order valence-electron chi connectivity index (χ0n) is 38.1. The maximum absolute atomic E-state index is 14.7. The van der Waals surface area contributed by atoms with Crippen molar-refractivity contribution >= 4 is 26.1 Å². The molecule has 8 unspecified atom stereocenters. The van der Waals surface area contributed by atoms with Crippen LogP contribution in [-0.2, 0) is 41.4 Å². The normalized spacial score (nSPS) is 18.2. The topological polar surface area (TPSA) is 157 Å². The molecule has 338 valence electrons. The molecule has 0 saturated carbocycles. The van der Waals surface area contributed by atoms with E-state index in [-0.39, 0.29) is 36.5 Å². The van der Waals surface area contributed by atoms with Crippen molar-refractivity contribution in [2.45, 2.75) is 121 Å². The van der Waals surface area contributed by atoms with Crippen LogP contribution < -0.4 is 25.2 Å². The highest BCUT2D eigenvalue weighted by atomic mass is 28.4. The lowest BCUT2D eigenvalue weighted by molar-refractivity contribution is -0.153. The van der Waals surface area contributed by atoms with Crippen molar-refractivity contribution in [2.24, 2.45) is 11.8 Å². The summed E-state index contributed by atoms with van der Waals surface area (Å²) in [5, 5.41) is 19.4. The molecule has 2 aromatic carbocycles. The molecule has 0 bridgehead atoms. The molecule has 0 radical (unpaired) electrons. The summed E-state index contributed by atoms with van der Waals surface area (Å²) in [4.78, 5) is 42.2. The Bertz CT molecular complexity index is 1750. The minimum Gasteiger partial charge on any atom is -0.543 e. The van der Waals surface area contributed by atoms with Gasteiger partial charge in [-0.05, 0) is 79.2 Å². The predicted octanol–water partition coefficient (Wildman–Crippen LogP) is 6.29. The number of rotatable bonds is 24. The van der Waals surface area contributed by atoms with Gasteiger partial charge in [0.05, 0.1) is 32.0 Å². The van der Waals surface area contributed by atoms with Gasteiger partial charge in [-0.2, -0.15) is 0 Å². The molecule has 2 aromatic rings. The summed E-state index contributed by atoms with van der Waals surface area (Å²) in [6, 6.07) is 12.1. The van der Waals surface area contributed by atoms with Gasteiger partial charge >= 0.3 is 5.97 Å². The minimum absolute atomic E-state index is 0.0396. The van der Waals surface area contributed by atoms with E-state index in [9.17, 15) is 19.5 Å². The Hall–Kier alpha value is -4.31. The highest BCUT2D eigenvalue weighted by molar-refractivity contribution is 6.74. The van der Waals surface area contributed by atoms with Crippen molar-refractivity contribution in [1.82, 2.24) is 21.1 Å². The molecule has 1 fully saturated rings. The van der Waals surface area contributed by atoms with Gasteiger partial charge < -0.3 is 33.8 Å². The van der Waals surface area contributed by atoms with Crippen LogP contribution in [0.1, 0.15) is 65.0 Å². The molecule has 1 aliphatic rings. The second-order valence-corrected chi connectivity index (χ2v) is 22.0. The number of amides is 2. The summed E-state index contributed by atoms with van der Waals surface area (Å²) >= 11 is 0. The van der Waals surface area contributed by atoms with E-state index in [1.807, 2.05) is 56.3 Å². The van der Waals surface area contributed by atoms with Crippen LogP contribution in [-0.4, -0.2) is 107 Å². The van der Waals surface area contributed by atoms with E-state index in [0.717, 1.165) is 11.1 Å². The van der Waals surface area contributed by atoms with Gasteiger partial charge in [-0.25, -0.2) is 5.43 Å². The second kappa shape index (κ2) is 24.4. The summed E-state index contributed by atoms with van der Waals surface area (Å²) in [5.74, 6) is -0.738. The van der Waals surface area contributed by atoms with Gasteiger partial charge in [0.15, 0.2) is 0 Å². The van der Waals surface area contributed by atoms with Crippen LogP contribution in [0.15, 0.2) is 86.0 Å². The number of carbonyl (C=O) groups is 3. The fraction of sp³-hybridized carbons (Fsp3) is 0.553. The van der Waals surface area contributed by atoms with Gasteiger partial charge in [-0.3, -0.25) is 24.7 Å². The molecule has 4 N–H and O–H groups in total. The zero-order valence-corrected chi connectivity index (χ0v) is 39.1. The molecule has 3 rings (SSSR count). The maximum Gasteiger partial charge on any atom is 0.324 e. The van der Waals surface area contributed by atoms with Crippen molar-refractivity contribution in [1.29, 1.82) is 0 Å². The van der Waals surface area contributed by atoms with Crippen LogP contribution >= 0.6 is 0 Å². The average Bonchev–Trinajstić information content (AvgIpc) is 3.23. The lowest BCUT2D eigenvalue weighted by Gasteiger charge is -2.37. The van der Waals surface area contributed by atoms with Crippen molar-refractivity contribution < 1.29 is 42.9 Å². The molecule has 8 atom stereocenters. The molecule has 0 aliphatic carbocycles. The number of allylic oxidation sites excluding steroid dienone is 2. The van der Waals surface area contributed by atoms with E-state index in [2.05, 4.69) is 63.1 Å². The highest BCUT2D eigenvalue weighted by Gasteiger charge is 2.40. The predicted molar refractivity (Wildman–Crippen MR) is 242 cm³/mol. The first-order valence-electron chi connectivity index (χ1n) is 21.2. The molecule has 14 heteroatoms. The Morgan fingerprint density at radius 3 is 2.26 bits per heavy atom. The summed E-state index contributed by atoms with van der Waals surface area (Å²) in [7, 11) is 2.58. The monoisotopic (exact) mass is 865 g/mol. The lowest BCUT2D eigenvalue weighted by Crippen LogP contribution is -2.62. The maximum atomic E-state index is 14.7. The van der Waals surface area contributed by atoms with Crippen molar-refractivity contribution in [3.8, 4) is 11.5 Å². The number of nitrogens with zero attached hydrogens (tertiary/aromatic N) is 1. The summed E-state index contributed by atoms with van der Waals surface area (Å²) < 4.78 is 29.1. The van der Waals surface area contributed by atoms with Crippen LogP contribution in [0.2, 0.25) is 18.1 Å². The van der Waals surface area contributed by atoms with Crippen LogP contribution in [0.5, 0.6) is 11.5 Å². The van der Waals surface area contributed by atoms with Gasteiger partial charge in [0.1, 0.15) is 29.8 Å². The fourth-order valence-electron chi connectivity index (χ4n) is 7.05. The second-order valence-electron chi connectivity index (χ2n) is 17.3. The van der Waals surface area contributed by atoms with Crippen LogP contribution in [0.4, 0.5) is 0 Å². The molecule has 0 aromatic heterocycles. The van der Waals surface area contributed by atoms with Gasteiger partial charge in [-0.1, -0.05) is 89.8 Å². The minimum atomic E-state index is -2.20. The van der Waals surface area contributed by atoms with E-state index in [0.29, 0.717) is 37.3 Å². The average molecular weight is 865 g/mol. The van der Waals surface area contributed by atoms with Crippen molar-refractivity contribution in [3.05, 3.63) is 97.1 Å². The number of esters is 1. The third-order valence-electron chi connectivity index (χ3n) is 11.8. The molecule has 1 saturated heterocycles. The van der Waals surface area contributed by atoms with E-state index in [1.54, 1.807) is 51.7 Å². The van der Waals surface area contributed by atoms with Crippen LogP contribution in [0.25, 0.3) is 0 Å². The van der Waals surface area contributed by atoms with Crippen molar-refractivity contribution in [3.63, 3.8) is 0 Å². The number of methoxy groups -OCH3 is 3. The Balaban J connectivity index is 2.00. The molecule has 13 nitrogen and oxygen atoms in total. The van der Waals surface area contributed by atoms with Crippen molar-refractivity contribution in [2.75, 3.05) is 34.5 Å². The number of aliphatic hydroxyl groups is 1. The summed E-state index contributed by atoms with van der Waals surface area (Å²) in [6.45, 7) is 22.6. The van der Waals surface area contributed by atoms with Gasteiger partial charge in [-0.15, -0.1) is 6.58 Å². The number of hydrogen-bond donors (Lipinski definition) is 4. The Morgan fingerprint density at radius 1 is 0.967 bits per heavy atom. The lowest BCUT2D eigenvalue weighted by atomic mass is 9.87. The van der Waals surface area contributed by atoms with Gasteiger partial charge in [0.25, 0.3) is 5.91 Å². The molecule has 2 amide bonds. The number of benzene rings is 2. The quantitative estimate of drug-likeness (QED) is 0.0235. The Morgan fingerprint density at radius 2 is 1.66 bits per heavy atom. The largest absolute Gasteiger partial charge is 0.543 e. The van der Waals surface area contributed by atoms with Gasteiger partial charge in [0, 0.05) is 39.0 Å². The number of nitrogens with one attached hydrogen (secondary N) is 3. The zero-order chi connectivity index (χ0) is 45.3. The number of aliphatic hydroxyl groups excluding tert-OH is 1. The molecular formula is C47H72N4O9Si. The number of carbonyl (C=O) groups excluding carboxylic acids is 3. The number of hydrazine groups is 1. The smallest absolute Gasteiger partial charge is 0.324 e. The van der Waals surface area contributed by atoms with E-state index in [4.69, 9.17) is 23.4 Å². The highest BCUT2D eigenvalue weighted by Crippen LogP contribution is 2.37. The molecule has 1 heterocycles. The van der Waals surface area contributed by atoms with Crippen LogP contribution in [0, 0.1) is 11.8 Å². The molecule has 0 spiro atoms. The van der Waals surface area contributed by atoms with Gasteiger partial charge in [0.2, 0.25) is 14.2 Å². The first-order valence-corrected chi connectivity index (χ1v) is 24.2. The molecule has 1 aliphatic heterocycles. The Kier molecular flexibility index (Phi) is 20.4. The van der Waals surface area contributed by atoms with Crippen LogP contribution in [0.3, 0.4) is 0 Å². The first-order chi connectivity index (χ1) is 28.9. The summed E-state index contributed by atoms with van der Waals surface area (Å²) in [5.41, 5.74) is 4.65. The molecular weight excluding hydrogens is 793 g/mol. The van der Waals surface area contributed by atoms with E-state index in [1.165, 1.54) is 5.01 Å². The third kappa shape index (κ3) is 15.2. The van der Waals surface area contributed by atoms with E-state index < -0.39 is 62.5 Å². The number of hydrogen-bond acceptors (Lipinski definition) is 11. The first kappa shape index (κ1) is 51.0. The van der Waals surface area contributed by atoms with E-state index >= 15 is 0 Å². The number of ether oxygens (including phenoxy) is 4. The third-order valence-corrected chi connectivity index (χ3v) is 16.1.